The molecule has 0 fully saturated rings. The molecule has 35 heavy (non-hydrogen) atoms. The minimum atomic E-state index is -1.12. The zero-order valence-corrected chi connectivity index (χ0v) is 22.6. The molecule has 0 spiro atoms. The van der Waals surface area contributed by atoms with Crippen molar-refractivity contribution >= 4 is 33.6 Å². The summed E-state index contributed by atoms with van der Waals surface area (Å²) in [5.41, 5.74) is 6.19. The van der Waals surface area contributed by atoms with Crippen LogP contribution in [0.1, 0.15) is 83.3 Å². The van der Waals surface area contributed by atoms with Gasteiger partial charge in [-0.2, -0.15) is 0 Å². The second kappa shape index (κ2) is 12.0. The largest absolute Gasteiger partial charge is 0.392 e. The van der Waals surface area contributed by atoms with Crippen molar-refractivity contribution < 1.29 is 24.9 Å². The summed E-state index contributed by atoms with van der Waals surface area (Å²) in [5, 5.41) is 32.9. The molecule has 0 aliphatic heterocycles. The van der Waals surface area contributed by atoms with E-state index in [4.69, 9.17) is 5.73 Å². The summed E-state index contributed by atoms with van der Waals surface area (Å²) in [7, 11) is 0. The van der Waals surface area contributed by atoms with Gasteiger partial charge in [0, 0.05) is 18.4 Å². The number of hydrogen-bond acceptors (Lipinski definition) is 8. The van der Waals surface area contributed by atoms with E-state index in [9.17, 15) is 24.9 Å². The number of carbonyl (C=O) groups excluding carboxylic acids is 2. The fraction of sp³-hybridized carbons (Fsp3) is 0.667. The van der Waals surface area contributed by atoms with Crippen molar-refractivity contribution in [3.63, 3.8) is 0 Å². The number of benzene rings is 1. The van der Waals surface area contributed by atoms with E-state index < -0.39 is 29.1 Å². The molecule has 0 aliphatic rings. The van der Waals surface area contributed by atoms with E-state index >= 15 is 0 Å². The van der Waals surface area contributed by atoms with Crippen molar-refractivity contribution in [1.29, 1.82) is 0 Å². The van der Waals surface area contributed by atoms with E-state index in [1.54, 1.807) is 39.0 Å². The van der Waals surface area contributed by atoms with Crippen LogP contribution in [0.2, 0.25) is 0 Å². The quantitative estimate of drug-likeness (QED) is 0.284. The van der Waals surface area contributed by atoms with Gasteiger partial charge >= 0.3 is 0 Å². The van der Waals surface area contributed by atoms with Crippen molar-refractivity contribution in [2.24, 2.45) is 23.0 Å². The van der Waals surface area contributed by atoms with Gasteiger partial charge in [-0.1, -0.05) is 40.2 Å². The van der Waals surface area contributed by atoms with Crippen molar-refractivity contribution in [3.05, 3.63) is 28.8 Å². The Morgan fingerprint density at radius 2 is 1.89 bits per heavy atom. The number of Topliss-reactive ketones (excluding diaryl/α,β-unsaturated/α-hetero) is 1. The summed E-state index contributed by atoms with van der Waals surface area (Å²) >= 11 is 1.64. The van der Waals surface area contributed by atoms with Crippen LogP contribution in [-0.4, -0.2) is 50.2 Å². The Bertz CT molecular complexity index is 1000. The van der Waals surface area contributed by atoms with Crippen molar-refractivity contribution in [1.82, 2.24) is 4.98 Å². The number of hydrogen-bond donors (Lipinski definition) is 4. The first-order valence-corrected chi connectivity index (χ1v) is 13.2. The molecular weight excluding hydrogens is 464 g/mol. The Morgan fingerprint density at radius 3 is 2.51 bits per heavy atom. The maximum Gasteiger partial charge on any atom is 0.146 e. The predicted octanol–water partition coefficient (Wildman–Crippen LogP) is 4.09. The Morgan fingerprint density at radius 1 is 1.23 bits per heavy atom. The number of nitrogens with zero attached hydrogens (tertiary/aromatic N) is 1. The first-order valence-electron chi connectivity index (χ1n) is 12.4. The zero-order valence-electron chi connectivity index (χ0n) is 21.8. The Balaban J connectivity index is 1.89. The summed E-state index contributed by atoms with van der Waals surface area (Å²) < 4.78 is 1.12. The first-order chi connectivity index (χ1) is 16.2. The van der Waals surface area contributed by atoms with Crippen LogP contribution in [-0.2, 0) is 9.59 Å². The van der Waals surface area contributed by atoms with Gasteiger partial charge in [0.1, 0.15) is 12.1 Å². The highest BCUT2D eigenvalue weighted by atomic mass is 32.1. The number of aldehydes is 1. The number of aliphatic hydroxyl groups is 3. The van der Waals surface area contributed by atoms with E-state index in [2.05, 4.69) is 4.98 Å². The van der Waals surface area contributed by atoms with Gasteiger partial charge in [0.25, 0.3) is 0 Å². The third-order valence-electron chi connectivity index (χ3n) is 7.28. The molecule has 1 aromatic carbocycles. The number of thiazole rings is 1. The molecule has 196 valence electrons. The molecule has 7 nitrogen and oxygen atoms in total. The van der Waals surface area contributed by atoms with Gasteiger partial charge in [0.2, 0.25) is 0 Å². The van der Waals surface area contributed by atoms with E-state index in [0.29, 0.717) is 32.0 Å². The highest BCUT2D eigenvalue weighted by Gasteiger charge is 2.41. The van der Waals surface area contributed by atoms with Crippen LogP contribution in [0, 0.1) is 24.2 Å². The molecular formula is C27H42N2O5S. The van der Waals surface area contributed by atoms with Crippen LogP contribution in [0.4, 0.5) is 0 Å². The van der Waals surface area contributed by atoms with Gasteiger partial charge in [0.15, 0.2) is 0 Å². The van der Waals surface area contributed by atoms with Gasteiger partial charge < -0.3 is 25.8 Å². The second-order valence-corrected chi connectivity index (χ2v) is 12.2. The lowest BCUT2D eigenvalue weighted by Gasteiger charge is -2.34. The molecule has 8 heteroatoms. The molecule has 0 amide bonds. The van der Waals surface area contributed by atoms with Crippen LogP contribution < -0.4 is 5.73 Å². The average Bonchev–Trinajstić information content (AvgIpc) is 3.16. The summed E-state index contributed by atoms with van der Waals surface area (Å²) in [6, 6.07) is 5.68. The van der Waals surface area contributed by atoms with Crippen LogP contribution >= 0.6 is 11.3 Å². The molecule has 0 bridgehead atoms. The lowest BCUT2D eigenvalue weighted by molar-refractivity contribution is -0.142. The molecule has 0 saturated carbocycles. The van der Waals surface area contributed by atoms with E-state index in [1.807, 2.05) is 32.0 Å². The van der Waals surface area contributed by atoms with Gasteiger partial charge in [-0.15, -0.1) is 11.3 Å². The number of aryl methyl sites for hydroxylation is 1. The average molecular weight is 507 g/mol. The standard InChI is InChI=1S/C27H42N2O5S/c1-16(24(32)17(2)25(33)26(4,5)23(31)11-13-30)8-7-12-27(6,34)15-20(28)19-9-10-22-21(14-19)29-18(3)35-22/h9-10,13-14,16-17,20,23-24,31-32,34H,7-8,11-12,15,28H2,1-6H3. The van der Waals surface area contributed by atoms with Crippen molar-refractivity contribution in [3.8, 4) is 0 Å². The number of carbonyl (C=O) groups is 2. The number of nitrogens with two attached hydrogens (primary N) is 1. The fourth-order valence-electron chi connectivity index (χ4n) is 4.74. The van der Waals surface area contributed by atoms with Crippen LogP contribution in [0.5, 0.6) is 0 Å². The lowest BCUT2D eigenvalue weighted by Crippen LogP contribution is -2.45. The SMILES string of the molecule is Cc1nc2cc(C(N)CC(C)(O)CCCC(C)C(O)C(C)C(=O)C(C)(C)C(O)CC=O)ccc2s1. The molecule has 5 N–H and O–H groups in total. The van der Waals surface area contributed by atoms with Crippen molar-refractivity contribution in [2.45, 2.75) is 97.5 Å². The number of aliphatic hydroxyl groups excluding tert-OH is 2. The van der Waals surface area contributed by atoms with E-state index in [0.717, 1.165) is 20.8 Å². The molecule has 0 radical (unpaired) electrons. The third-order valence-corrected chi connectivity index (χ3v) is 8.23. The summed E-state index contributed by atoms with van der Waals surface area (Å²) in [6.45, 7) is 10.5. The maximum atomic E-state index is 12.9. The normalized spacial score (nSPS) is 18.5. The lowest BCUT2D eigenvalue weighted by atomic mass is 9.73. The van der Waals surface area contributed by atoms with E-state index in [-0.39, 0.29) is 24.2 Å². The molecule has 2 rings (SSSR count). The molecule has 6 unspecified atom stereocenters. The molecule has 0 saturated heterocycles. The Kier molecular flexibility index (Phi) is 10.1. The highest BCUT2D eigenvalue weighted by Crippen LogP contribution is 2.33. The molecule has 1 heterocycles. The maximum absolute atomic E-state index is 12.9. The Labute approximate surface area is 212 Å². The van der Waals surface area contributed by atoms with Crippen LogP contribution in [0.3, 0.4) is 0 Å². The fourth-order valence-corrected chi connectivity index (χ4v) is 5.55. The smallest absolute Gasteiger partial charge is 0.146 e. The van der Waals surface area contributed by atoms with Crippen LogP contribution in [0.15, 0.2) is 18.2 Å². The molecule has 0 aliphatic carbocycles. The predicted molar refractivity (Wildman–Crippen MR) is 140 cm³/mol. The Hall–Kier alpha value is -1.71. The third kappa shape index (κ3) is 7.64. The summed E-state index contributed by atoms with van der Waals surface area (Å²) in [6.07, 6.45) is 0.720. The molecule has 1 aromatic heterocycles. The van der Waals surface area contributed by atoms with Gasteiger partial charge in [0.05, 0.1) is 38.4 Å². The minimum Gasteiger partial charge on any atom is -0.392 e. The summed E-state index contributed by atoms with van der Waals surface area (Å²) in [5.74, 6) is -1.12. The zero-order chi connectivity index (χ0) is 26.6. The van der Waals surface area contributed by atoms with E-state index in [1.165, 1.54) is 0 Å². The van der Waals surface area contributed by atoms with Gasteiger partial charge in [-0.3, -0.25) is 4.79 Å². The van der Waals surface area contributed by atoms with Crippen LogP contribution in [0.25, 0.3) is 10.2 Å². The first kappa shape index (κ1) is 29.5. The highest BCUT2D eigenvalue weighted by molar-refractivity contribution is 7.18. The van der Waals surface area contributed by atoms with Gasteiger partial charge in [-0.25, -0.2) is 4.98 Å². The number of ketones is 1. The second-order valence-electron chi connectivity index (χ2n) is 10.9. The van der Waals surface area contributed by atoms with Gasteiger partial charge in [-0.05, 0) is 56.7 Å². The monoisotopic (exact) mass is 506 g/mol. The number of fused-ring (bicyclic) bond motifs is 1. The van der Waals surface area contributed by atoms with Crippen molar-refractivity contribution in [2.75, 3.05) is 0 Å². The number of aromatic nitrogens is 1. The topological polar surface area (TPSA) is 134 Å². The minimum absolute atomic E-state index is 0.119. The molecule has 6 atom stereocenters. The summed E-state index contributed by atoms with van der Waals surface area (Å²) in [4.78, 5) is 28.2. The number of rotatable bonds is 14. The molecule has 2 aromatic rings.